The summed E-state index contributed by atoms with van der Waals surface area (Å²) in [5.41, 5.74) is 1.44. The van der Waals surface area contributed by atoms with E-state index in [1.165, 1.54) is 22.4 Å². The van der Waals surface area contributed by atoms with Gasteiger partial charge < -0.3 is 0 Å². The average molecular weight is 257 g/mol. The lowest BCUT2D eigenvalue weighted by atomic mass is 10.2. The first-order valence-corrected chi connectivity index (χ1v) is 6.19. The summed E-state index contributed by atoms with van der Waals surface area (Å²) in [5, 5.41) is 10.6. The number of carbonyl (C=O) groups is 1. The lowest BCUT2D eigenvalue weighted by Gasteiger charge is -2.15. The maximum absolute atomic E-state index is 12.2. The van der Waals surface area contributed by atoms with Gasteiger partial charge in [-0.3, -0.25) is 9.69 Å². The smallest absolute Gasteiger partial charge is 0.269 e. The molecule has 0 radical (unpaired) electrons. The van der Waals surface area contributed by atoms with Crippen molar-refractivity contribution in [3.8, 4) is 6.07 Å². The lowest BCUT2D eigenvalue weighted by molar-refractivity contribution is 0.0995. The van der Waals surface area contributed by atoms with Gasteiger partial charge in [-0.25, -0.2) is 4.98 Å². The quantitative estimate of drug-likeness (QED) is 0.831. The molecule has 0 spiro atoms. The van der Waals surface area contributed by atoms with Crippen molar-refractivity contribution >= 4 is 23.1 Å². The molecule has 0 saturated carbocycles. The highest BCUT2D eigenvalue weighted by atomic mass is 32.1. The van der Waals surface area contributed by atoms with Gasteiger partial charge in [0.05, 0.1) is 10.4 Å². The number of thiophene rings is 1. The van der Waals surface area contributed by atoms with E-state index in [1.807, 2.05) is 24.4 Å². The molecular weight excluding hydrogens is 246 g/mol. The Balaban J connectivity index is 2.26. The van der Waals surface area contributed by atoms with Crippen LogP contribution in [0.2, 0.25) is 0 Å². The summed E-state index contributed by atoms with van der Waals surface area (Å²) in [7, 11) is 1.68. The number of pyridine rings is 1. The zero-order chi connectivity index (χ0) is 13.1. The maximum atomic E-state index is 12.2. The van der Waals surface area contributed by atoms with Gasteiger partial charge >= 0.3 is 0 Å². The first kappa shape index (κ1) is 12.3. The molecule has 5 heteroatoms. The van der Waals surface area contributed by atoms with Crippen LogP contribution in [0.5, 0.6) is 0 Å². The average Bonchev–Trinajstić information content (AvgIpc) is 2.83. The number of carbonyl (C=O) groups excluding carboxylic acids is 1. The number of aryl methyl sites for hydroxylation is 1. The van der Waals surface area contributed by atoms with Crippen LogP contribution in [0.4, 0.5) is 5.82 Å². The largest absolute Gasteiger partial charge is 0.295 e. The lowest BCUT2D eigenvalue weighted by Crippen LogP contribution is -2.26. The molecule has 0 aromatic carbocycles. The molecule has 0 aliphatic heterocycles. The molecule has 2 heterocycles. The summed E-state index contributed by atoms with van der Waals surface area (Å²) in [4.78, 5) is 18.5. The molecule has 2 aromatic heterocycles. The zero-order valence-electron chi connectivity index (χ0n) is 10.0. The number of aromatic nitrogens is 1. The van der Waals surface area contributed by atoms with Crippen molar-refractivity contribution in [3.63, 3.8) is 0 Å². The molecule has 18 heavy (non-hydrogen) atoms. The van der Waals surface area contributed by atoms with Gasteiger partial charge in [0.2, 0.25) is 0 Å². The molecule has 0 bridgehead atoms. The SMILES string of the molecule is Cc1ccsc1C(=O)N(C)c1ccc(C#N)cn1. The summed E-state index contributed by atoms with van der Waals surface area (Å²) in [6.45, 7) is 1.91. The van der Waals surface area contributed by atoms with Crippen LogP contribution in [0.1, 0.15) is 20.8 Å². The van der Waals surface area contributed by atoms with Crippen LogP contribution in [0.3, 0.4) is 0 Å². The van der Waals surface area contributed by atoms with Crippen LogP contribution in [0.25, 0.3) is 0 Å². The van der Waals surface area contributed by atoms with Crippen LogP contribution < -0.4 is 4.90 Å². The number of amides is 1. The third-order valence-corrected chi connectivity index (χ3v) is 3.59. The minimum absolute atomic E-state index is 0.0836. The van der Waals surface area contributed by atoms with Crippen molar-refractivity contribution in [3.05, 3.63) is 45.8 Å². The van der Waals surface area contributed by atoms with Gasteiger partial charge in [-0.1, -0.05) is 0 Å². The van der Waals surface area contributed by atoms with E-state index in [2.05, 4.69) is 4.98 Å². The van der Waals surface area contributed by atoms with Crippen LogP contribution >= 0.6 is 11.3 Å². The minimum atomic E-state index is -0.0836. The number of nitriles is 1. The number of nitrogens with zero attached hydrogens (tertiary/aromatic N) is 3. The Hall–Kier alpha value is -2.19. The fourth-order valence-corrected chi connectivity index (χ4v) is 2.40. The predicted molar refractivity (Wildman–Crippen MR) is 70.7 cm³/mol. The Labute approximate surface area is 109 Å². The Morgan fingerprint density at radius 1 is 1.44 bits per heavy atom. The molecule has 0 unspecified atom stereocenters. The summed E-state index contributed by atoms with van der Waals surface area (Å²) in [6.07, 6.45) is 1.46. The summed E-state index contributed by atoms with van der Waals surface area (Å²) in [6, 6.07) is 7.22. The van der Waals surface area contributed by atoms with Gasteiger partial charge in [0.15, 0.2) is 0 Å². The van der Waals surface area contributed by atoms with E-state index in [4.69, 9.17) is 5.26 Å². The maximum Gasteiger partial charge on any atom is 0.269 e. The molecule has 90 valence electrons. The first-order chi connectivity index (χ1) is 8.63. The topological polar surface area (TPSA) is 57.0 Å². The van der Waals surface area contributed by atoms with E-state index in [-0.39, 0.29) is 5.91 Å². The van der Waals surface area contributed by atoms with Gasteiger partial charge in [0, 0.05) is 13.2 Å². The van der Waals surface area contributed by atoms with E-state index in [1.54, 1.807) is 19.2 Å². The van der Waals surface area contributed by atoms with Crippen LogP contribution in [-0.2, 0) is 0 Å². The fourth-order valence-electron chi connectivity index (χ4n) is 1.50. The third-order valence-electron chi connectivity index (χ3n) is 2.58. The van der Waals surface area contributed by atoms with Crippen molar-refractivity contribution < 1.29 is 4.79 Å². The second-order valence-electron chi connectivity index (χ2n) is 3.81. The first-order valence-electron chi connectivity index (χ1n) is 5.32. The Morgan fingerprint density at radius 2 is 2.22 bits per heavy atom. The van der Waals surface area contributed by atoms with Gasteiger partial charge in [0.1, 0.15) is 11.9 Å². The van der Waals surface area contributed by atoms with Gasteiger partial charge in [0.25, 0.3) is 5.91 Å². The van der Waals surface area contributed by atoms with E-state index < -0.39 is 0 Å². The van der Waals surface area contributed by atoms with E-state index in [0.29, 0.717) is 16.3 Å². The number of anilines is 1. The molecule has 0 N–H and O–H groups in total. The summed E-state index contributed by atoms with van der Waals surface area (Å²) < 4.78 is 0. The zero-order valence-corrected chi connectivity index (χ0v) is 10.9. The van der Waals surface area contributed by atoms with Crippen molar-refractivity contribution in [1.82, 2.24) is 4.98 Å². The molecule has 0 fully saturated rings. The monoisotopic (exact) mass is 257 g/mol. The predicted octanol–water partition coefficient (Wildman–Crippen LogP) is 2.60. The molecular formula is C13H11N3OS. The second kappa shape index (κ2) is 4.98. The van der Waals surface area contributed by atoms with Crippen molar-refractivity contribution in [2.75, 3.05) is 11.9 Å². The number of rotatable bonds is 2. The van der Waals surface area contributed by atoms with Crippen LogP contribution in [0.15, 0.2) is 29.8 Å². The molecule has 0 atom stereocenters. The molecule has 0 aliphatic rings. The number of hydrogen-bond acceptors (Lipinski definition) is 4. The molecule has 2 aromatic rings. The summed E-state index contributed by atoms with van der Waals surface area (Å²) in [5.74, 6) is 0.450. The standard InChI is InChI=1S/C13H11N3OS/c1-9-5-6-18-12(9)13(17)16(2)11-4-3-10(7-14)8-15-11/h3-6,8H,1-2H3. The molecule has 4 nitrogen and oxygen atoms in total. The van der Waals surface area contributed by atoms with Gasteiger partial charge in [-0.15, -0.1) is 11.3 Å². The van der Waals surface area contributed by atoms with Gasteiger partial charge in [-0.2, -0.15) is 5.26 Å². The third kappa shape index (κ3) is 2.24. The Kier molecular flexibility index (Phi) is 3.40. The molecule has 0 saturated heterocycles. The Bertz CT molecular complexity index is 610. The van der Waals surface area contributed by atoms with Crippen molar-refractivity contribution in [2.45, 2.75) is 6.92 Å². The fraction of sp³-hybridized carbons (Fsp3) is 0.154. The second-order valence-corrected chi connectivity index (χ2v) is 4.73. The minimum Gasteiger partial charge on any atom is -0.295 e. The molecule has 0 aliphatic carbocycles. The van der Waals surface area contributed by atoms with Crippen molar-refractivity contribution in [1.29, 1.82) is 5.26 Å². The Morgan fingerprint density at radius 3 is 2.72 bits per heavy atom. The van der Waals surface area contributed by atoms with Crippen molar-refractivity contribution in [2.24, 2.45) is 0 Å². The molecule has 1 amide bonds. The summed E-state index contributed by atoms with van der Waals surface area (Å²) >= 11 is 1.42. The number of hydrogen-bond donors (Lipinski definition) is 0. The highest BCUT2D eigenvalue weighted by Crippen LogP contribution is 2.20. The van der Waals surface area contributed by atoms with Crippen LogP contribution in [-0.4, -0.2) is 17.9 Å². The van der Waals surface area contributed by atoms with Crippen LogP contribution in [0, 0.1) is 18.3 Å². The van der Waals surface area contributed by atoms with Gasteiger partial charge in [-0.05, 0) is 36.1 Å². The highest BCUT2D eigenvalue weighted by Gasteiger charge is 2.17. The van der Waals surface area contributed by atoms with E-state index in [9.17, 15) is 4.79 Å². The molecule has 2 rings (SSSR count). The van der Waals surface area contributed by atoms with E-state index >= 15 is 0 Å². The normalized spacial score (nSPS) is 9.83. The highest BCUT2D eigenvalue weighted by molar-refractivity contribution is 7.12. The van der Waals surface area contributed by atoms with E-state index in [0.717, 1.165) is 5.56 Å².